The zero-order valence-corrected chi connectivity index (χ0v) is 12.1. The monoisotopic (exact) mass is 260 g/mol. The summed E-state index contributed by atoms with van der Waals surface area (Å²) in [6.45, 7) is 7.15. The molecule has 2 rings (SSSR count). The number of benzene rings is 1. The fourth-order valence-corrected chi connectivity index (χ4v) is 3.08. The standard InChI is InChI=1S/C15H20N2S/c1-10(2)8-13-14(9-16)18-15(17-13)12-7-5-4-6-11(12)3/h4-7,10H,8-9,16H2,1-3H3. The molecule has 96 valence electrons. The molecule has 0 radical (unpaired) electrons. The first kappa shape index (κ1) is 13.2. The van der Waals surface area contributed by atoms with Gasteiger partial charge in [0.25, 0.3) is 0 Å². The maximum absolute atomic E-state index is 5.83. The predicted octanol–water partition coefficient (Wildman–Crippen LogP) is 3.78. The van der Waals surface area contributed by atoms with Gasteiger partial charge < -0.3 is 5.73 Å². The lowest BCUT2D eigenvalue weighted by Gasteiger charge is -2.02. The van der Waals surface area contributed by atoms with Crippen molar-refractivity contribution in [3.8, 4) is 10.6 Å². The van der Waals surface area contributed by atoms with E-state index >= 15 is 0 Å². The molecule has 3 heteroatoms. The molecule has 0 aliphatic heterocycles. The molecule has 0 bridgehead atoms. The highest BCUT2D eigenvalue weighted by atomic mass is 32.1. The van der Waals surface area contributed by atoms with Crippen molar-refractivity contribution in [2.75, 3.05) is 0 Å². The van der Waals surface area contributed by atoms with Gasteiger partial charge in [0, 0.05) is 17.0 Å². The Kier molecular flexibility index (Phi) is 4.15. The van der Waals surface area contributed by atoms with Gasteiger partial charge in [-0.25, -0.2) is 4.98 Å². The Hall–Kier alpha value is -1.19. The molecule has 2 N–H and O–H groups in total. The molecule has 1 aromatic carbocycles. The molecule has 0 spiro atoms. The van der Waals surface area contributed by atoms with Crippen LogP contribution in [-0.2, 0) is 13.0 Å². The molecule has 0 saturated heterocycles. The Bertz CT molecular complexity index is 529. The summed E-state index contributed by atoms with van der Waals surface area (Å²) < 4.78 is 0. The number of thiazole rings is 1. The van der Waals surface area contributed by atoms with Crippen LogP contribution in [0.3, 0.4) is 0 Å². The minimum Gasteiger partial charge on any atom is -0.326 e. The Morgan fingerprint density at radius 1 is 1.28 bits per heavy atom. The van der Waals surface area contributed by atoms with Crippen molar-refractivity contribution in [2.24, 2.45) is 11.7 Å². The lowest BCUT2D eigenvalue weighted by atomic mass is 10.1. The molecular formula is C15H20N2S. The van der Waals surface area contributed by atoms with E-state index in [0.717, 1.165) is 11.4 Å². The third kappa shape index (κ3) is 2.79. The van der Waals surface area contributed by atoms with Crippen molar-refractivity contribution in [3.63, 3.8) is 0 Å². The maximum atomic E-state index is 5.83. The van der Waals surface area contributed by atoms with Crippen molar-refractivity contribution in [1.29, 1.82) is 0 Å². The van der Waals surface area contributed by atoms with Gasteiger partial charge >= 0.3 is 0 Å². The van der Waals surface area contributed by atoms with Crippen molar-refractivity contribution in [1.82, 2.24) is 4.98 Å². The van der Waals surface area contributed by atoms with Gasteiger partial charge in [-0.15, -0.1) is 11.3 Å². The first-order chi connectivity index (χ1) is 8.61. The van der Waals surface area contributed by atoms with Crippen molar-refractivity contribution in [2.45, 2.75) is 33.7 Å². The summed E-state index contributed by atoms with van der Waals surface area (Å²) in [5.74, 6) is 0.613. The van der Waals surface area contributed by atoms with Gasteiger partial charge in [0.05, 0.1) is 5.69 Å². The van der Waals surface area contributed by atoms with E-state index < -0.39 is 0 Å². The minimum absolute atomic E-state index is 0.589. The van der Waals surface area contributed by atoms with Crippen molar-refractivity contribution >= 4 is 11.3 Å². The van der Waals surface area contributed by atoms with Crippen LogP contribution < -0.4 is 5.73 Å². The molecule has 0 atom stereocenters. The summed E-state index contributed by atoms with van der Waals surface area (Å²) in [6.07, 6.45) is 1.01. The number of hydrogen-bond donors (Lipinski definition) is 1. The number of rotatable bonds is 4. The summed E-state index contributed by atoms with van der Waals surface area (Å²) in [4.78, 5) is 6.01. The average Bonchev–Trinajstić information content (AvgIpc) is 2.71. The van der Waals surface area contributed by atoms with E-state index in [1.807, 2.05) is 0 Å². The second-order valence-corrected chi connectivity index (χ2v) is 6.09. The topological polar surface area (TPSA) is 38.9 Å². The van der Waals surface area contributed by atoms with Gasteiger partial charge in [-0.2, -0.15) is 0 Å². The molecule has 0 fully saturated rings. The number of nitrogens with two attached hydrogens (primary N) is 1. The van der Waals surface area contributed by atoms with Crippen LogP contribution in [0.5, 0.6) is 0 Å². The van der Waals surface area contributed by atoms with Crippen LogP contribution in [-0.4, -0.2) is 4.98 Å². The van der Waals surface area contributed by atoms with Gasteiger partial charge in [0.1, 0.15) is 5.01 Å². The highest BCUT2D eigenvalue weighted by molar-refractivity contribution is 7.15. The predicted molar refractivity (Wildman–Crippen MR) is 78.7 cm³/mol. The molecule has 0 amide bonds. The maximum Gasteiger partial charge on any atom is 0.124 e. The van der Waals surface area contributed by atoms with Gasteiger partial charge in [0.2, 0.25) is 0 Å². The highest BCUT2D eigenvalue weighted by Crippen LogP contribution is 2.31. The summed E-state index contributed by atoms with van der Waals surface area (Å²) in [6, 6.07) is 8.38. The number of hydrogen-bond acceptors (Lipinski definition) is 3. The van der Waals surface area contributed by atoms with E-state index in [1.165, 1.54) is 21.7 Å². The molecule has 0 aliphatic carbocycles. The molecule has 0 unspecified atom stereocenters. The first-order valence-corrected chi connectivity index (χ1v) is 7.18. The number of aromatic nitrogens is 1. The molecular weight excluding hydrogens is 240 g/mol. The zero-order valence-electron chi connectivity index (χ0n) is 11.2. The van der Waals surface area contributed by atoms with E-state index in [4.69, 9.17) is 10.7 Å². The number of nitrogens with zero attached hydrogens (tertiary/aromatic N) is 1. The Morgan fingerprint density at radius 2 is 2.00 bits per heavy atom. The van der Waals surface area contributed by atoms with E-state index in [0.29, 0.717) is 12.5 Å². The van der Waals surface area contributed by atoms with Crippen LogP contribution in [0.1, 0.15) is 30.0 Å². The quantitative estimate of drug-likeness (QED) is 0.908. The molecule has 1 aromatic heterocycles. The third-order valence-electron chi connectivity index (χ3n) is 2.94. The van der Waals surface area contributed by atoms with Gasteiger partial charge in [-0.05, 0) is 24.8 Å². The summed E-state index contributed by atoms with van der Waals surface area (Å²) >= 11 is 1.73. The molecule has 0 aliphatic rings. The van der Waals surface area contributed by atoms with Gasteiger partial charge in [-0.3, -0.25) is 0 Å². The van der Waals surface area contributed by atoms with Crippen LogP contribution in [0.4, 0.5) is 0 Å². The second-order valence-electron chi connectivity index (χ2n) is 5.01. The van der Waals surface area contributed by atoms with Crippen LogP contribution in [0.2, 0.25) is 0 Å². The Morgan fingerprint density at radius 3 is 2.61 bits per heavy atom. The Balaban J connectivity index is 2.41. The smallest absolute Gasteiger partial charge is 0.124 e. The first-order valence-electron chi connectivity index (χ1n) is 6.36. The van der Waals surface area contributed by atoms with Gasteiger partial charge in [0.15, 0.2) is 0 Å². The lowest BCUT2D eigenvalue weighted by molar-refractivity contribution is 0.634. The molecule has 2 nitrogen and oxygen atoms in total. The second kappa shape index (κ2) is 5.63. The largest absolute Gasteiger partial charge is 0.326 e. The van der Waals surface area contributed by atoms with Crippen LogP contribution >= 0.6 is 11.3 Å². The van der Waals surface area contributed by atoms with E-state index in [1.54, 1.807) is 11.3 Å². The number of aryl methyl sites for hydroxylation is 1. The van der Waals surface area contributed by atoms with Crippen LogP contribution in [0.25, 0.3) is 10.6 Å². The minimum atomic E-state index is 0.589. The zero-order chi connectivity index (χ0) is 13.1. The normalized spacial score (nSPS) is 11.2. The average molecular weight is 260 g/mol. The Labute approximate surface area is 113 Å². The molecule has 18 heavy (non-hydrogen) atoms. The van der Waals surface area contributed by atoms with Crippen LogP contribution in [0.15, 0.2) is 24.3 Å². The fraction of sp³-hybridized carbons (Fsp3) is 0.400. The molecule has 0 saturated carbocycles. The van der Waals surface area contributed by atoms with E-state index in [9.17, 15) is 0 Å². The van der Waals surface area contributed by atoms with E-state index in [-0.39, 0.29) is 0 Å². The SMILES string of the molecule is Cc1ccccc1-c1nc(CC(C)C)c(CN)s1. The fourth-order valence-electron chi connectivity index (χ4n) is 2.02. The summed E-state index contributed by atoms with van der Waals surface area (Å²) in [5, 5.41) is 1.10. The molecule has 2 aromatic rings. The summed E-state index contributed by atoms with van der Waals surface area (Å²) in [7, 11) is 0. The molecule has 1 heterocycles. The van der Waals surface area contributed by atoms with Crippen molar-refractivity contribution < 1.29 is 0 Å². The summed E-state index contributed by atoms with van der Waals surface area (Å²) in [5.41, 5.74) is 9.50. The van der Waals surface area contributed by atoms with Crippen LogP contribution in [0, 0.1) is 12.8 Å². The van der Waals surface area contributed by atoms with Crippen molar-refractivity contribution in [3.05, 3.63) is 40.4 Å². The third-order valence-corrected chi connectivity index (χ3v) is 4.09. The lowest BCUT2D eigenvalue weighted by Crippen LogP contribution is -2.02. The van der Waals surface area contributed by atoms with Gasteiger partial charge in [-0.1, -0.05) is 38.1 Å². The van der Waals surface area contributed by atoms with E-state index in [2.05, 4.69) is 45.0 Å². The highest BCUT2D eigenvalue weighted by Gasteiger charge is 2.13.